The van der Waals surface area contributed by atoms with Crippen LogP contribution in [0.25, 0.3) is 6.08 Å². The minimum atomic E-state index is -2.01. The van der Waals surface area contributed by atoms with Crippen LogP contribution < -0.4 is 0 Å². The van der Waals surface area contributed by atoms with Crippen molar-refractivity contribution in [1.82, 2.24) is 4.98 Å². The Morgan fingerprint density at radius 1 is 0.682 bits per heavy atom. The fraction of sp³-hybridized carbons (Fsp3) is 0.734. The molecule has 21 heteroatoms. The zero-order valence-corrected chi connectivity index (χ0v) is 51.0. The summed E-state index contributed by atoms with van der Waals surface area (Å²) in [5.41, 5.74) is -6.12. The Hall–Kier alpha value is -3.85. The molecule has 0 radical (unpaired) electrons. The van der Waals surface area contributed by atoms with E-state index in [0.29, 0.717) is 44.9 Å². The zero-order chi connectivity index (χ0) is 60.8. The number of carbonyl (C=O) groups is 2. The van der Waals surface area contributed by atoms with E-state index in [-0.39, 0.29) is 43.5 Å². The summed E-state index contributed by atoms with van der Waals surface area (Å²) < 4.78 is 88.0. The molecule has 3 saturated carbocycles. The Bertz CT molecular complexity index is 2650. The molecule has 1 aromatic heterocycles. The third-order valence-corrected chi connectivity index (χ3v) is 20.9. The standard InChI is InChI=1S/C64H91NO20/c1-35-55(67)44(72-8)29-52(76-35)83-57-37(3)78-54(31-46(57)74-10)85-58-38(4)79-53(32-47(58)75-11)84-56-36(2)77-51(30-45(56)73-9)81-43-22-23-60(6)42(28-43)21-24-63(70)48(60)33-49(82-50(66)20-19-40-16-13-12-14-17-40)61(7)62(69,25-26-64(61,63)71)39(5)80-59(68)41-18-15-27-65-34-41/h12-21,27,34-39,43-49,51-58,67,69-71H,22-26,28-33H2,1-11H3/b20-19+/t35-,36-,37-,38-,39+,43+,44+,45+,46-,47+,48-,49-,51+,52+,53+,54+,55-,56-,57-,58-,60+,61-,62-,63+,64-/m1/s1. The van der Waals surface area contributed by atoms with Gasteiger partial charge in [0.1, 0.15) is 53.4 Å². The number of fused-ring (bicyclic) bond motifs is 5. The molecule has 0 spiro atoms. The summed E-state index contributed by atoms with van der Waals surface area (Å²) in [4.78, 5) is 31.5. The third kappa shape index (κ3) is 12.1. The van der Waals surface area contributed by atoms with Gasteiger partial charge in [-0.2, -0.15) is 0 Å². The van der Waals surface area contributed by atoms with Gasteiger partial charge in [0, 0.05) is 78.5 Å². The maximum absolute atomic E-state index is 14.0. The number of benzene rings is 1. The van der Waals surface area contributed by atoms with Crippen LogP contribution >= 0.6 is 0 Å². The average molecular weight is 1190 g/mol. The largest absolute Gasteiger partial charge is 0.458 e. The first-order chi connectivity index (χ1) is 40.5. The maximum atomic E-state index is 14.0. The lowest BCUT2D eigenvalue weighted by Gasteiger charge is -2.67. The first kappa shape index (κ1) is 64.1. The van der Waals surface area contributed by atoms with Crippen LogP contribution in [0.4, 0.5) is 0 Å². The van der Waals surface area contributed by atoms with E-state index in [9.17, 15) is 30.0 Å². The Kier molecular flexibility index (Phi) is 19.6. The van der Waals surface area contributed by atoms with Crippen molar-refractivity contribution in [3.05, 3.63) is 83.7 Å². The lowest BCUT2D eigenvalue weighted by atomic mass is 9.42. The molecule has 10 rings (SSSR count). The Morgan fingerprint density at radius 2 is 1.22 bits per heavy atom. The zero-order valence-electron chi connectivity index (χ0n) is 51.0. The van der Waals surface area contributed by atoms with Gasteiger partial charge in [0.05, 0.1) is 65.9 Å². The fourth-order valence-electron chi connectivity index (χ4n) is 15.9. The number of nitrogens with zero attached hydrogens (tertiary/aromatic N) is 1. The van der Waals surface area contributed by atoms with E-state index < -0.39 is 150 Å². The number of aliphatic hydroxyl groups is 4. The van der Waals surface area contributed by atoms with Crippen LogP contribution in [0.2, 0.25) is 0 Å². The summed E-state index contributed by atoms with van der Waals surface area (Å²) in [7, 11) is 6.48. The monoisotopic (exact) mass is 1190 g/mol. The normalized spacial score (nSPS) is 45.0. The molecule has 7 fully saturated rings. The summed E-state index contributed by atoms with van der Waals surface area (Å²) in [6, 6.07) is 12.5. The molecule has 85 heavy (non-hydrogen) atoms. The molecule has 8 aliphatic rings. The van der Waals surface area contributed by atoms with Gasteiger partial charge in [-0.1, -0.05) is 55.8 Å². The Balaban J connectivity index is 0.776. The van der Waals surface area contributed by atoms with E-state index in [4.69, 9.17) is 66.3 Å². The van der Waals surface area contributed by atoms with Gasteiger partial charge in [-0.05, 0) is 109 Å². The van der Waals surface area contributed by atoms with Crippen LogP contribution in [0.5, 0.6) is 0 Å². The number of pyridine rings is 1. The summed E-state index contributed by atoms with van der Waals surface area (Å²) in [5.74, 6) is -2.01. The molecule has 0 bridgehead atoms. The number of rotatable bonds is 18. The summed E-state index contributed by atoms with van der Waals surface area (Å²) in [5, 5.41) is 50.3. The average Bonchev–Trinajstić information content (AvgIpc) is 1.62. The minimum Gasteiger partial charge on any atom is -0.458 e. The topological polar surface area (TPSA) is 257 Å². The Labute approximate surface area is 499 Å². The van der Waals surface area contributed by atoms with Gasteiger partial charge in [0.2, 0.25) is 0 Å². The molecular formula is C64H91NO20. The first-order valence-electron chi connectivity index (χ1n) is 30.5. The molecule has 472 valence electrons. The molecule has 4 aliphatic carbocycles. The summed E-state index contributed by atoms with van der Waals surface area (Å²) in [6.45, 7) is 12.9. The molecule has 1 aromatic carbocycles. The minimum absolute atomic E-state index is 0.0516. The number of carbonyl (C=O) groups excluding carboxylic acids is 2. The van der Waals surface area contributed by atoms with E-state index in [2.05, 4.69) is 11.9 Å². The molecular weight excluding hydrogens is 1100 g/mol. The molecule has 4 N–H and O–H groups in total. The van der Waals surface area contributed by atoms with Gasteiger partial charge in [-0.25, -0.2) is 9.59 Å². The summed E-state index contributed by atoms with van der Waals surface area (Å²) in [6.07, 6.45) is 0.219. The van der Waals surface area contributed by atoms with E-state index in [1.165, 1.54) is 18.5 Å². The number of aromatic nitrogens is 1. The molecule has 2 aromatic rings. The van der Waals surface area contributed by atoms with Crippen molar-refractivity contribution in [3.63, 3.8) is 0 Å². The van der Waals surface area contributed by atoms with Crippen LogP contribution in [0.1, 0.15) is 135 Å². The number of aliphatic hydroxyl groups excluding tert-OH is 1. The van der Waals surface area contributed by atoms with Gasteiger partial charge < -0.3 is 86.7 Å². The van der Waals surface area contributed by atoms with Crippen molar-refractivity contribution < 1.29 is 96.3 Å². The smallest absolute Gasteiger partial charge is 0.340 e. The highest BCUT2D eigenvalue weighted by Gasteiger charge is 2.81. The second kappa shape index (κ2) is 25.9. The molecule has 0 unspecified atom stereocenters. The third-order valence-electron chi connectivity index (χ3n) is 20.9. The quantitative estimate of drug-likeness (QED) is 0.0727. The predicted octanol–water partition coefficient (Wildman–Crippen LogP) is 6.29. The van der Waals surface area contributed by atoms with E-state index in [0.717, 1.165) is 11.1 Å². The number of hydrogen-bond acceptors (Lipinski definition) is 21. The Morgan fingerprint density at radius 3 is 1.76 bits per heavy atom. The molecule has 25 atom stereocenters. The number of ether oxygens (including phenoxy) is 14. The van der Waals surface area contributed by atoms with E-state index >= 15 is 0 Å². The van der Waals surface area contributed by atoms with Gasteiger partial charge >= 0.3 is 11.9 Å². The summed E-state index contributed by atoms with van der Waals surface area (Å²) >= 11 is 0. The molecule has 4 saturated heterocycles. The maximum Gasteiger partial charge on any atom is 0.340 e. The van der Waals surface area contributed by atoms with Crippen molar-refractivity contribution >= 4 is 18.0 Å². The first-order valence-corrected chi connectivity index (χ1v) is 30.5. The van der Waals surface area contributed by atoms with Crippen LogP contribution in [-0.2, 0) is 71.1 Å². The van der Waals surface area contributed by atoms with Crippen LogP contribution in [-0.4, -0.2) is 199 Å². The fourth-order valence-corrected chi connectivity index (χ4v) is 15.9. The van der Waals surface area contributed by atoms with Gasteiger partial charge in [0.15, 0.2) is 25.2 Å². The van der Waals surface area contributed by atoms with Crippen LogP contribution in [0.3, 0.4) is 0 Å². The number of methoxy groups -OCH3 is 4. The molecule has 0 amide bonds. The molecule has 21 nitrogen and oxygen atoms in total. The van der Waals surface area contributed by atoms with E-state index in [1.807, 2.05) is 57.2 Å². The van der Waals surface area contributed by atoms with Crippen LogP contribution in [0, 0.1) is 16.7 Å². The van der Waals surface area contributed by atoms with Gasteiger partial charge in [0.25, 0.3) is 0 Å². The lowest BCUT2D eigenvalue weighted by molar-refractivity contribution is -0.347. The lowest BCUT2D eigenvalue weighted by Crippen LogP contribution is -2.78. The van der Waals surface area contributed by atoms with Gasteiger partial charge in [-0.15, -0.1) is 0 Å². The van der Waals surface area contributed by atoms with Crippen molar-refractivity contribution in [3.8, 4) is 0 Å². The van der Waals surface area contributed by atoms with Crippen molar-refractivity contribution in [1.29, 1.82) is 0 Å². The van der Waals surface area contributed by atoms with Crippen molar-refractivity contribution in [2.75, 3.05) is 28.4 Å². The highest BCUT2D eigenvalue weighted by Crippen LogP contribution is 2.71. The predicted molar refractivity (Wildman–Crippen MR) is 304 cm³/mol. The number of esters is 2. The van der Waals surface area contributed by atoms with E-state index in [1.54, 1.807) is 67.4 Å². The van der Waals surface area contributed by atoms with Gasteiger partial charge in [-0.3, -0.25) is 4.98 Å². The second-order valence-electron chi connectivity index (χ2n) is 25.4. The molecule has 4 aliphatic heterocycles. The van der Waals surface area contributed by atoms with Crippen molar-refractivity contribution in [2.45, 2.75) is 253 Å². The highest BCUT2D eigenvalue weighted by molar-refractivity contribution is 5.89. The van der Waals surface area contributed by atoms with Crippen LogP contribution in [0.15, 0.2) is 72.6 Å². The molecule has 5 heterocycles. The number of hydrogen-bond donors (Lipinski definition) is 4. The second-order valence-corrected chi connectivity index (χ2v) is 25.4. The van der Waals surface area contributed by atoms with Crippen molar-refractivity contribution in [2.24, 2.45) is 16.7 Å². The SMILES string of the molecule is CO[C@H]1C[C@H](O[C@@H]2[C@@H](C)O[C@@H](O[C@H]3[C@@H](OC)C[C@H](O[C@H]4[C@@H](OC)C[C@H](O[C@H]5CC[C@@]6(C)C(=CC[C@]7(O)[C@@H]6C[C@@H](OC(=O)/C=C/c6ccccc6)[C@@]6(C)[C@]7(O)CC[C@@]6(O)[C@H](C)OC(=O)c6cccnc6)C5)O[C@@H]4C)O[C@@H]3C)C[C@H]2OC)O[C@H](C)[C@H]1O. The highest BCUT2D eigenvalue weighted by atomic mass is 16.8.